The zero-order valence-corrected chi connectivity index (χ0v) is 12.9. The number of imide groups is 1. The maximum absolute atomic E-state index is 12.6. The van der Waals surface area contributed by atoms with E-state index in [1.807, 2.05) is 0 Å². The van der Waals surface area contributed by atoms with Crippen molar-refractivity contribution in [2.24, 2.45) is 0 Å². The van der Waals surface area contributed by atoms with E-state index in [2.05, 4.69) is 0 Å². The lowest BCUT2D eigenvalue weighted by molar-refractivity contribution is -0.922. The van der Waals surface area contributed by atoms with Crippen molar-refractivity contribution in [1.82, 2.24) is 0 Å². The molecule has 2 aliphatic heterocycles. The fourth-order valence-corrected chi connectivity index (χ4v) is 3.03. The van der Waals surface area contributed by atoms with Crippen LogP contribution in [0.25, 0.3) is 0 Å². The van der Waals surface area contributed by atoms with E-state index in [1.165, 1.54) is 11.8 Å². The fourth-order valence-electron chi connectivity index (χ4n) is 3.03. The number of carbonyl (C=O) groups is 3. The Morgan fingerprint density at radius 2 is 1.87 bits per heavy atom. The molecule has 7 nitrogen and oxygen atoms in total. The summed E-state index contributed by atoms with van der Waals surface area (Å²) in [6.45, 7) is 4.03. The summed E-state index contributed by atoms with van der Waals surface area (Å²) < 4.78 is 10.3. The maximum Gasteiger partial charge on any atom is 0.308 e. The summed E-state index contributed by atoms with van der Waals surface area (Å²) in [6, 6.07) is 6.05. The Kier molecular flexibility index (Phi) is 4.40. The molecule has 2 amide bonds. The van der Waals surface area contributed by atoms with Gasteiger partial charge in [0, 0.05) is 6.92 Å². The monoisotopic (exact) mass is 319 g/mol. The number of quaternary nitrogens is 1. The van der Waals surface area contributed by atoms with Gasteiger partial charge in [-0.2, -0.15) is 0 Å². The molecular weight excluding hydrogens is 300 g/mol. The van der Waals surface area contributed by atoms with Crippen molar-refractivity contribution >= 4 is 23.5 Å². The lowest BCUT2D eigenvalue weighted by atomic mass is 10.2. The molecule has 0 bridgehead atoms. The third-order valence-electron chi connectivity index (χ3n) is 4.13. The van der Waals surface area contributed by atoms with Gasteiger partial charge in [0.15, 0.2) is 6.04 Å². The molecule has 2 saturated heterocycles. The average molecular weight is 319 g/mol. The SMILES string of the molecule is CC(=O)Oc1ccc(N2C(=O)C[C@@H]([NH+]3CCOCC3)C2=O)cc1. The fraction of sp³-hybridized carbons (Fsp3) is 0.438. The smallest absolute Gasteiger partial charge is 0.308 e. The van der Waals surface area contributed by atoms with E-state index in [1.54, 1.807) is 24.3 Å². The van der Waals surface area contributed by atoms with Crippen molar-refractivity contribution in [3.05, 3.63) is 24.3 Å². The Balaban J connectivity index is 1.75. The first kappa shape index (κ1) is 15.6. The number of hydrogen-bond acceptors (Lipinski definition) is 5. The largest absolute Gasteiger partial charge is 0.427 e. The minimum absolute atomic E-state index is 0.174. The van der Waals surface area contributed by atoms with E-state index < -0.39 is 5.97 Å². The number of morpholine rings is 1. The van der Waals surface area contributed by atoms with Crippen LogP contribution in [-0.2, 0) is 19.1 Å². The first-order valence-electron chi connectivity index (χ1n) is 7.64. The number of esters is 1. The normalized spacial score (nSPS) is 22.5. The second kappa shape index (κ2) is 6.47. The van der Waals surface area contributed by atoms with Gasteiger partial charge in [-0.05, 0) is 24.3 Å². The molecule has 0 radical (unpaired) electrons. The number of hydrogen-bond donors (Lipinski definition) is 1. The quantitative estimate of drug-likeness (QED) is 0.446. The summed E-state index contributed by atoms with van der Waals surface area (Å²) in [5.74, 6) is -0.399. The predicted octanol–water partition coefficient (Wildman–Crippen LogP) is -0.841. The second-order valence-electron chi connectivity index (χ2n) is 5.68. The lowest BCUT2D eigenvalue weighted by Gasteiger charge is -2.27. The van der Waals surface area contributed by atoms with Crippen LogP contribution in [0.2, 0.25) is 0 Å². The van der Waals surface area contributed by atoms with Gasteiger partial charge in [-0.1, -0.05) is 0 Å². The van der Waals surface area contributed by atoms with E-state index in [-0.39, 0.29) is 24.3 Å². The average Bonchev–Trinajstić information content (AvgIpc) is 2.83. The molecule has 2 fully saturated rings. The summed E-state index contributed by atoms with van der Waals surface area (Å²) in [7, 11) is 0. The van der Waals surface area contributed by atoms with Gasteiger partial charge in [-0.15, -0.1) is 0 Å². The predicted molar refractivity (Wildman–Crippen MR) is 80.2 cm³/mol. The molecule has 1 atom stereocenters. The number of rotatable bonds is 3. The molecule has 2 aliphatic rings. The van der Waals surface area contributed by atoms with Crippen LogP contribution in [0.4, 0.5) is 5.69 Å². The van der Waals surface area contributed by atoms with Gasteiger partial charge in [0.2, 0.25) is 5.91 Å². The summed E-state index contributed by atoms with van der Waals surface area (Å²) in [5, 5.41) is 0. The van der Waals surface area contributed by atoms with Gasteiger partial charge in [0.1, 0.15) is 18.8 Å². The number of nitrogens with zero attached hydrogens (tertiary/aromatic N) is 1. The highest BCUT2D eigenvalue weighted by Crippen LogP contribution is 2.24. The molecule has 0 unspecified atom stereocenters. The van der Waals surface area contributed by atoms with E-state index in [0.29, 0.717) is 24.7 Å². The van der Waals surface area contributed by atoms with Gasteiger partial charge in [0.25, 0.3) is 5.91 Å². The Labute approximate surface area is 133 Å². The van der Waals surface area contributed by atoms with Crippen LogP contribution in [0.3, 0.4) is 0 Å². The molecule has 1 N–H and O–H groups in total. The molecule has 0 aliphatic carbocycles. The summed E-state index contributed by atoms with van der Waals surface area (Å²) >= 11 is 0. The van der Waals surface area contributed by atoms with Crippen LogP contribution in [-0.4, -0.2) is 50.1 Å². The highest BCUT2D eigenvalue weighted by atomic mass is 16.5. The summed E-state index contributed by atoms with van der Waals surface area (Å²) in [5.41, 5.74) is 0.506. The van der Waals surface area contributed by atoms with Crippen molar-refractivity contribution in [1.29, 1.82) is 0 Å². The van der Waals surface area contributed by atoms with Crippen LogP contribution >= 0.6 is 0 Å². The Hall–Kier alpha value is -2.25. The first-order valence-corrected chi connectivity index (χ1v) is 7.64. The number of nitrogens with one attached hydrogen (secondary N) is 1. The Morgan fingerprint density at radius 3 is 2.48 bits per heavy atom. The van der Waals surface area contributed by atoms with Crippen LogP contribution in [0.1, 0.15) is 13.3 Å². The molecule has 1 aromatic carbocycles. The number of amides is 2. The molecular formula is C16H19N2O5+. The summed E-state index contributed by atoms with van der Waals surface area (Å²) in [6.07, 6.45) is 0.222. The van der Waals surface area contributed by atoms with Gasteiger partial charge in [-0.3, -0.25) is 14.4 Å². The highest BCUT2D eigenvalue weighted by Gasteiger charge is 2.46. The number of ether oxygens (including phenoxy) is 2. The van der Waals surface area contributed by atoms with Gasteiger partial charge >= 0.3 is 5.97 Å². The zero-order chi connectivity index (χ0) is 16.4. The van der Waals surface area contributed by atoms with Crippen LogP contribution in [0.5, 0.6) is 5.75 Å². The Bertz CT molecular complexity index is 622. The van der Waals surface area contributed by atoms with Crippen LogP contribution in [0.15, 0.2) is 24.3 Å². The third kappa shape index (κ3) is 3.25. The van der Waals surface area contributed by atoms with Crippen molar-refractivity contribution < 1.29 is 28.8 Å². The van der Waals surface area contributed by atoms with E-state index in [4.69, 9.17) is 9.47 Å². The molecule has 0 spiro atoms. The second-order valence-corrected chi connectivity index (χ2v) is 5.68. The highest BCUT2D eigenvalue weighted by molar-refractivity contribution is 6.21. The molecule has 2 heterocycles. The summed E-state index contributed by atoms with van der Waals surface area (Å²) in [4.78, 5) is 38.2. The number of anilines is 1. The number of benzene rings is 1. The standard InChI is InChI=1S/C16H18N2O5/c1-11(19)23-13-4-2-12(3-5-13)18-15(20)10-14(16(18)21)17-6-8-22-9-7-17/h2-5,14H,6-10H2,1H3/p+1/t14-/m1/s1. The van der Waals surface area contributed by atoms with Gasteiger partial charge in [0.05, 0.1) is 25.3 Å². The first-order chi connectivity index (χ1) is 11.1. The molecule has 0 aromatic heterocycles. The van der Waals surface area contributed by atoms with E-state index in [9.17, 15) is 14.4 Å². The Morgan fingerprint density at radius 1 is 1.22 bits per heavy atom. The van der Waals surface area contributed by atoms with E-state index in [0.717, 1.165) is 18.0 Å². The minimum atomic E-state index is -0.415. The van der Waals surface area contributed by atoms with Crippen LogP contribution < -0.4 is 14.5 Å². The molecule has 1 aromatic rings. The van der Waals surface area contributed by atoms with Crippen molar-refractivity contribution in [3.63, 3.8) is 0 Å². The maximum atomic E-state index is 12.6. The molecule has 3 rings (SSSR count). The van der Waals surface area contributed by atoms with Gasteiger partial charge < -0.3 is 14.4 Å². The third-order valence-corrected chi connectivity index (χ3v) is 4.13. The molecule has 122 valence electrons. The minimum Gasteiger partial charge on any atom is -0.427 e. The van der Waals surface area contributed by atoms with E-state index >= 15 is 0 Å². The molecule has 7 heteroatoms. The van der Waals surface area contributed by atoms with Crippen LogP contribution in [0, 0.1) is 0 Å². The van der Waals surface area contributed by atoms with Crippen molar-refractivity contribution in [2.45, 2.75) is 19.4 Å². The number of carbonyl (C=O) groups excluding carboxylic acids is 3. The topological polar surface area (TPSA) is 77.3 Å². The van der Waals surface area contributed by atoms with Gasteiger partial charge in [-0.25, -0.2) is 4.90 Å². The van der Waals surface area contributed by atoms with Crippen molar-refractivity contribution in [2.75, 3.05) is 31.2 Å². The zero-order valence-electron chi connectivity index (χ0n) is 12.9. The lowest BCUT2D eigenvalue weighted by Crippen LogP contribution is -3.18. The van der Waals surface area contributed by atoms with Crippen molar-refractivity contribution in [3.8, 4) is 5.75 Å². The molecule has 23 heavy (non-hydrogen) atoms. The molecule has 0 saturated carbocycles.